The number of amides is 1. The van der Waals surface area contributed by atoms with Gasteiger partial charge in [-0.2, -0.15) is 11.8 Å². The van der Waals surface area contributed by atoms with E-state index in [1.54, 1.807) is 17.8 Å². The lowest BCUT2D eigenvalue weighted by Gasteiger charge is -2.14. The van der Waals surface area contributed by atoms with Crippen LogP contribution in [0, 0.1) is 5.92 Å². The Morgan fingerprint density at radius 1 is 1.30 bits per heavy atom. The van der Waals surface area contributed by atoms with Crippen molar-refractivity contribution in [2.24, 2.45) is 5.92 Å². The number of ether oxygens (including phenoxy) is 1. The first-order valence-corrected chi connectivity index (χ1v) is 9.22. The third kappa shape index (κ3) is 4.10. The van der Waals surface area contributed by atoms with Gasteiger partial charge in [0.05, 0.1) is 12.4 Å². The van der Waals surface area contributed by atoms with E-state index in [2.05, 4.69) is 11.4 Å². The third-order valence-electron chi connectivity index (χ3n) is 3.99. The molecule has 1 atom stereocenters. The van der Waals surface area contributed by atoms with Gasteiger partial charge in [-0.1, -0.05) is 18.2 Å². The molecule has 5 heteroatoms. The molecule has 0 saturated carbocycles. The highest BCUT2D eigenvalue weighted by Gasteiger charge is 2.19. The average molecular weight is 331 g/mol. The molecule has 1 N–H and O–H groups in total. The lowest BCUT2D eigenvalue weighted by atomic mass is 9.97. The monoisotopic (exact) mass is 331 g/mol. The van der Waals surface area contributed by atoms with E-state index in [1.165, 1.54) is 5.56 Å². The third-order valence-corrected chi connectivity index (χ3v) is 4.56. The average Bonchev–Trinajstić information content (AvgIpc) is 2.92. The standard InChI is InChI=1S/C18H21NO3S/c1-23-12-15-6-7-17(22-15)18(20)19-11-13-8-9-21-16-5-3-2-4-14(16)10-13/h2-7,13H,8-12H2,1H3,(H,19,20)/t13-/m0/s1. The zero-order chi connectivity index (χ0) is 16.1. The Kier molecular flexibility index (Phi) is 5.28. The van der Waals surface area contributed by atoms with Gasteiger partial charge in [0.1, 0.15) is 11.5 Å². The van der Waals surface area contributed by atoms with Gasteiger partial charge >= 0.3 is 0 Å². The molecule has 23 heavy (non-hydrogen) atoms. The number of thioether (sulfide) groups is 1. The fraction of sp³-hybridized carbons (Fsp3) is 0.389. The Balaban J connectivity index is 1.56. The van der Waals surface area contributed by atoms with Crippen LogP contribution in [-0.2, 0) is 12.2 Å². The fourth-order valence-corrected chi connectivity index (χ4v) is 3.22. The molecule has 1 aliphatic rings. The van der Waals surface area contributed by atoms with Crippen LogP contribution in [0.2, 0.25) is 0 Å². The molecule has 4 nitrogen and oxygen atoms in total. The molecule has 0 bridgehead atoms. The van der Waals surface area contributed by atoms with Crippen molar-refractivity contribution in [1.29, 1.82) is 0 Å². The van der Waals surface area contributed by atoms with Crippen molar-refractivity contribution in [3.63, 3.8) is 0 Å². The Labute approximate surface area is 140 Å². The number of carbonyl (C=O) groups is 1. The van der Waals surface area contributed by atoms with E-state index < -0.39 is 0 Å². The van der Waals surface area contributed by atoms with Crippen LogP contribution in [0.25, 0.3) is 0 Å². The number of rotatable bonds is 5. The largest absolute Gasteiger partial charge is 0.493 e. The smallest absolute Gasteiger partial charge is 0.287 e. The summed E-state index contributed by atoms with van der Waals surface area (Å²) in [6.45, 7) is 1.32. The summed E-state index contributed by atoms with van der Waals surface area (Å²) in [5.41, 5.74) is 1.21. The van der Waals surface area contributed by atoms with Gasteiger partial charge in [-0.05, 0) is 48.8 Å². The molecule has 0 radical (unpaired) electrons. The highest BCUT2D eigenvalue weighted by atomic mass is 32.2. The highest BCUT2D eigenvalue weighted by Crippen LogP contribution is 2.26. The molecule has 0 aliphatic carbocycles. The normalized spacial score (nSPS) is 17.0. The summed E-state index contributed by atoms with van der Waals surface area (Å²) in [7, 11) is 0. The minimum atomic E-state index is -0.143. The van der Waals surface area contributed by atoms with Crippen LogP contribution >= 0.6 is 11.8 Å². The van der Waals surface area contributed by atoms with Gasteiger partial charge in [0.2, 0.25) is 0 Å². The molecule has 0 unspecified atom stereocenters. The van der Waals surface area contributed by atoms with E-state index in [1.807, 2.05) is 30.5 Å². The summed E-state index contributed by atoms with van der Waals surface area (Å²) in [5.74, 6) is 3.20. The van der Waals surface area contributed by atoms with Crippen molar-refractivity contribution in [1.82, 2.24) is 5.32 Å². The van der Waals surface area contributed by atoms with Gasteiger partial charge < -0.3 is 14.5 Å². The number of fused-ring (bicyclic) bond motifs is 1. The van der Waals surface area contributed by atoms with Crippen LogP contribution in [-0.4, -0.2) is 25.3 Å². The van der Waals surface area contributed by atoms with E-state index in [4.69, 9.17) is 9.15 Å². The van der Waals surface area contributed by atoms with Crippen molar-refractivity contribution >= 4 is 17.7 Å². The Hall–Kier alpha value is -1.88. The van der Waals surface area contributed by atoms with Crippen molar-refractivity contribution < 1.29 is 13.9 Å². The number of para-hydroxylation sites is 1. The zero-order valence-corrected chi connectivity index (χ0v) is 14.0. The van der Waals surface area contributed by atoms with Crippen molar-refractivity contribution in [2.75, 3.05) is 19.4 Å². The number of hydrogen-bond acceptors (Lipinski definition) is 4. The van der Waals surface area contributed by atoms with Crippen molar-refractivity contribution in [2.45, 2.75) is 18.6 Å². The molecular weight excluding hydrogens is 310 g/mol. The van der Waals surface area contributed by atoms with Gasteiger partial charge in [-0.15, -0.1) is 0 Å². The second-order valence-corrected chi connectivity index (χ2v) is 6.59. The van der Waals surface area contributed by atoms with E-state index in [0.717, 1.165) is 30.1 Å². The quantitative estimate of drug-likeness (QED) is 0.911. The number of nitrogens with one attached hydrogen (secondary N) is 1. The van der Waals surface area contributed by atoms with Crippen LogP contribution in [0.1, 0.15) is 28.3 Å². The summed E-state index contributed by atoms with van der Waals surface area (Å²) in [4.78, 5) is 12.2. The Bertz CT molecular complexity index is 668. The van der Waals surface area contributed by atoms with E-state index in [9.17, 15) is 4.79 Å². The molecule has 1 amide bonds. The predicted molar refractivity (Wildman–Crippen MR) is 92.0 cm³/mol. The number of benzene rings is 1. The molecule has 1 aromatic heterocycles. The first-order chi connectivity index (χ1) is 11.3. The van der Waals surface area contributed by atoms with Gasteiger partial charge in [-0.25, -0.2) is 0 Å². The molecule has 2 heterocycles. The number of furan rings is 1. The molecule has 122 valence electrons. The van der Waals surface area contributed by atoms with Crippen LogP contribution in [0.15, 0.2) is 40.8 Å². The summed E-state index contributed by atoms with van der Waals surface area (Å²) >= 11 is 1.67. The second-order valence-electron chi connectivity index (χ2n) is 5.72. The topological polar surface area (TPSA) is 51.5 Å². The zero-order valence-electron chi connectivity index (χ0n) is 13.2. The minimum absolute atomic E-state index is 0.143. The van der Waals surface area contributed by atoms with Crippen LogP contribution in [0.3, 0.4) is 0 Å². The molecule has 2 aromatic rings. The SMILES string of the molecule is CSCc1ccc(C(=O)NC[C@H]2CCOc3ccccc3C2)o1. The summed E-state index contributed by atoms with van der Waals surface area (Å²) in [6, 6.07) is 11.7. The molecule has 0 spiro atoms. The maximum atomic E-state index is 12.2. The van der Waals surface area contributed by atoms with Crippen LogP contribution < -0.4 is 10.1 Å². The predicted octanol–water partition coefficient (Wildman–Crippen LogP) is 3.51. The van der Waals surface area contributed by atoms with Gasteiger partial charge in [0, 0.05) is 6.54 Å². The molecule has 1 aromatic carbocycles. The molecule has 3 rings (SSSR count). The van der Waals surface area contributed by atoms with Crippen molar-refractivity contribution in [3.05, 3.63) is 53.5 Å². The van der Waals surface area contributed by atoms with E-state index in [-0.39, 0.29) is 5.91 Å². The summed E-state index contributed by atoms with van der Waals surface area (Å²) < 4.78 is 11.3. The van der Waals surface area contributed by atoms with Crippen LogP contribution in [0.5, 0.6) is 5.75 Å². The molecule has 0 fully saturated rings. The highest BCUT2D eigenvalue weighted by molar-refractivity contribution is 7.97. The maximum absolute atomic E-state index is 12.2. The minimum Gasteiger partial charge on any atom is -0.493 e. The number of hydrogen-bond donors (Lipinski definition) is 1. The number of carbonyl (C=O) groups excluding carboxylic acids is 1. The maximum Gasteiger partial charge on any atom is 0.287 e. The Morgan fingerprint density at radius 3 is 3.04 bits per heavy atom. The fourth-order valence-electron chi connectivity index (χ4n) is 2.78. The first-order valence-electron chi connectivity index (χ1n) is 7.83. The summed E-state index contributed by atoms with van der Waals surface area (Å²) in [5, 5.41) is 2.99. The first kappa shape index (κ1) is 16.0. The van der Waals surface area contributed by atoms with Crippen molar-refractivity contribution in [3.8, 4) is 5.75 Å². The second kappa shape index (κ2) is 7.59. The van der Waals surface area contributed by atoms with E-state index >= 15 is 0 Å². The lowest BCUT2D eigenvalue weighted by molar-refractivity contribution is 0.0916. The van der Waals surface area contributed by atoms with E-state index in [0.29, 0.717) is 24.8 Å². The van der Waals surface area contributed by atoms with Gasteiger partial charge in [-0.3, -0.25) is 4.79 Å². The van der Waals surface area contributed by atoms with Gasteiger partial charge in [0.25, 0.3) is 5.91 Å². The van der Waals surface area contributed by atoms with Gasteiger partial charge in [0.15, 0.2) is 5.76 Å². The molecular formula is C18H21NO3S. The lowest BCUT2D eigenvalue weighted by Crippen LogP contribution is -2.30. The Morgan fingerprint density at radius 2 is 2.17 bits per heavy atom. The molecule has 1 aliphatic heterocycles. The molecule has 0 saturated heterocycles. The van der Waals surface area contributed by atoms with Crippen LogP contribution in [0.4, 0.5) is 0 Å². The summed E-state index contributed by atoms with van der Waals surface area (Å²) in [6.07, 6.45) is 3.87.